The maximum absolute atomic E-state index is 12.6. The average Bonchev–Trinajstić information content (AvgIpc) is 3.18. The Balaban J connectivity index is 1.67. The van der Waals surface area contributed by atoms with Crippen LogP contribution < -0.4 is 31.1 Å². The van der Waals surface area contributed by atoms with E-state index in [-0.39, 0.29) is 84.4 Å². The molecule has 0 bridgehead atoms. The van der Waals surface area contributed by atoms with Gasteiger partial charge >= 0.3 is 0 Å². The molecule has 2 aromatic heterocycles. The molecule has 32 heteroatoms. The van der Waals surface area contributed by atoms with Gasteiger partial charge in [0.05, 0.1) is 36.9 Å². The van der Waals surface area contributed by atoms with E-state index in [0.29, 0.717) is 0 Å². The van der Waals surface area contributed by atoms with E-state index in [4.69, 9.17) is 9.11 Å². The quantitative estimate of drug-likeness (QED) is 0.0277. The normalized spacial score (nSPS) is 13.3. The molecule has 352 valence electrons. The van der Waals surface area contributed by atoms with Crippen molar-refractivity contribution in [2.24, 2.45) is 0 Å². The Morgan fingerprint density at radius 2 is 0.906 bits per heavy atom. The molecule has 2 heterocycles. The first-order valence-electron chi connectivity index (χ1n) is 18.1. The number of likely N-dealkylation sites (N-methyl/N-ethyl adjacent to an activating group) is 2. The molecule has 0 saturated heterocycles. The van der Waals surface area contributed by atoms with Gasteiger partial charge in [-0.1, -0.05) is 24.3 Å². The molecular formula is C32H44N12O16S4. The van der Waals surface area contributed by atoms with Crippen molar-refractivity contribution in [3.63, 3.8) is 0 Å². The standard InChI is InChI=1S/C32H44N12O16S4/c1-43(15-23(47)17-45)31-39-27(33-9-11-61(49,50)51)37-29(41-31)35-21-7-5-19(25(13-21)63(55,56)57)3-4-20-6-8-22(14-26(20)64(58,59)60)36-30-38-28(34-10-12-62(52,53)54)40-32(42-30)44(2)16-24(48)18-46/h3-8,13-14,23-24,45-48H,9-12,15-18H2,1-2H3,(H,49,50,51)(H,52,53,54)(H,55,56,57)(H,58,59,60)(H2,33,35,37,39,41)(H2,34,36,38,40,42)/b4-3+. The van der Waals surface area contributed by atoms with Gasteiger partial charge in [-0.05, 0) is 35.4 Å². The minimum Gasteiger partial charge on any atom is -0.394 e. The molecule has 64 heavy (non-hydrogen) atoms. The maximum atomic E-state index is 12.6. The zero-order chi connectivity index (χ0) is 47.6. The van der Waals surface area contributed by atoms with Crippen LogP contribution in [-0.4, -0.2) is 179 Å². The van der Waals surface area contributed by atoms with Crippen LogP contribution in [-0.2, 0) is 40.5 Å². The second kappa shape index (κ2) is 21.4. The summed E-state index contributed by atoms with van der Waals surface area (Å²) >= 11 is 0. The number of hydrogen-bond acceptors (Lipinski definition) is 24. The summed E-state index contributed by atoms with van der Waals surface area (Å²) in [5, 5.41) is 48.9. The number of benzene rings is 2. The van der Waals surface area contributed by atoms with Crippen LogP contribution in [0.1, 0.15) is 11.1 Å². The van der Waals surface area contributed by atoms with Crippen molar-refractivity contribution in [3.8, 4) is 0 Å². The third kappa shape index (κ3) is 16.2. The third-order valence-corrected chi connectivity index (χ3v) is 11.4. The fourth-order valence-electron chi connectivity index (χ4n) is 5.22. The van der Waals surface area contributed by atoms with E-state index in [9.17, 15) is 63.2 Å². The van der Waals surface area contributed by atoms with Crippen LogP contribution in [0.4, 0.5) is 47.1 Å². The van der Waals surface area contributed by atoms with Crippen LogP contribution in [0.3, 0.4) is 0 Å². The maximum Gasteiger partial charge on any atom is 0.295 e. The molecule has 0 radical (unpaired) electrons. The van der Waals surface area contributed by atoms with Crippen LogP contribution in [0.5, 0.6) is 0 Å². The number of nitrogens with zero attached hydrogens (tertiary/aromatic N) is 8. The fraction of sp³-hybridized carbons (Fsp3) is 0.375. The molecule has 2 unspecified atom stereocenters. The Morgan fingerprint density at radius 3 is 1.22 bits per heavy atom. The number of aliphatic hydroxyl groups is 4. The molecule has 0 fully saturated rings. The monoisotopic (exact) mass is 980 g/mol. The van der Waals surface area contributed by atoms with Gasteiger partial charge in [0, 0.05) is 51.6 Å². The minimum absolute atomic E-state index is 0.0352. The number of aromatic nitrogens is 6. The van der Waals surface area contributed by atoms with Gasteiger partial charge in [-0.2, -0.15) is 63.6 Å². The van der Waals surface area contributed by atoms with E-state index in [0.717, 1.165) is 24.3 Å². The Hall–Kier alpha value is -5.52. The molecule has 28 nitrogen and oxygen atoms in total. The average molecular weight is 981 g/mol. The summed E-state index contributed by atoms with van der Waals surface area (Å²) in [5.74, 6) is -2.62. The highest BCUT2D eigenvalue weighted by Gasteiger charge is 2.21. The van der Waals surface area contributed by atoms with Crippen LogP contribution in [0, 0.1) is 0 Å². The van der Waals surface area contributed by atoms with Gasteiger partial charge in [0.15, 0.2) is 0 Å². The Bertz CT molecular complexity index is 2580. The number of aliphatic hydroxyl groups excluding tert-OH is 4. The van der Waals surface area contributed by atoms with E-state index in [1.807, 2.05) is 0 Å². The van der Waals surface area contributed by atoms with E-state index in [2.05, 4.69) is 51.2 Å². The lowest BCUT2D eigenvalue weighted by Crippen LogP contribution is -2.32. The van der Waals surface area contributed by atoms with Gasteiger partial charge in [0.2, 0.25) is 35.7 Å². The van der Waals surface area contributed by atoms with Gasteiger partial charge in [0.25, 0.3) is 40.5 Å². The molecule has 0 spiro atoms. The molecule has 0 aliphatic rings. The lowest BCUT2D eigenvalue weighted by molar-refractivity contribution is 0.101. The first-order chi connectivity index (χ1) is 29.7. The topological polar surface area (TPSA) is 430 Å². The van der Waals surface area contributed by atoms with Crippen molar-refractivity contribution >= 4 is 99.7 Å². The fourth-order valence-corrected chi connectivity index (χ4v) is 7.36. The second-order valence-electron chi connectivity index (χ2n) is 13.5. The third-order valence-electron chi connectivity index (χ3n) is 8.14. The predicted molar refractivity (Wildman–Crippen MR) is 230 cm³/mol. The molecule has 12 N–H and O–H groups in total. The molecule has 4 aromatic rings. The van der Waals surface area contributed by atoms with Gasteiger partial charge in [-0.25, -0.2) is 0 Å². The first kappa shape index (κ1) is 51.1. The highest BCUT2D eigenvalue weighted by molar-refractivity contribution is 7.86. The molecule has 4 rings (SSSR count). The van der Waals surface area contributed by atoms with Gasteiger partial charge in [0.1, 0.15) is 9.79 Å². The smallest absolute Gasteiger partial charge is 0.295 e. The Labute approximate surface area is 366 Å². The van der Waals surface area contributed by atoms with Crippen LogP contribution >= 0.6 is 0 Å². The number of nitrogens with one attached hydrogen (secondary N) is 4. The number of anilines is 8. The summed E-state index contributed by atoms with van der Waals surface area (Å²) in [6.45, 7) is -2.25. The van der Waals surface area contributed by atoms with E-state index in [1.165, 1.54) is 48.2 Å². The van der Waals surface area contributed by atoms with E-state index in [1.54, 1.807) is 0 Å². The first-order valence-corrected chi connectivity index (χ1v) is 24.2. The summed E-state index contributed by atoms with van der Waals surface area (Å²) < 4.78 is 134. The van der Waals surface area contributed by atoms with E-state index < -0.39 is 87.2 Å². The summed E-state index contributed by atoms with van der Waals surface area (Å²) in [7, 11) is -15.9. The van der Waals surface area contributed by atoms with Crippen molar-refractivity contribution in [1.82, 2.24) is 29.9 Å². The predicted octanol–water partition coefficient (Wildman–Crippen LogP) is -1.61. The molecular weight excluding hydrogens is 937 g/mol. The van der Waals surface area contributed by atoms with Gasteiger partial charge in [-0.3, -0.25) is 18.2 Å². The summed E-state index contributed by atoms with van der Waals surface area (Å²) in [6.07, 6.45) is -0.204. The van der Waals surface area contributed by atoms with E-state index >= 15 is 0 Å². The lowest BCUT2D eigenvalue weighted by atomic mass is 10.1. The van der Waals surface area contributed by atoms with Crippen molar-refractivity contribution in [1.29, 1.82) is 0 Å². The summed E-state index contributed by atoms with van der Waals surface area (Å²) in [4.78, 5) is 26.1. The Morgan fingerprint density at radius 1 is 0.562 bits per heavy atom. The minimum atomic E-state index is -5.01. The molecule has 2 atom stereocenters. The van der Waals surface area contributed by atoms with Crippen molar-refractivity contribution in [2.75, 3.05) is 96.1 Å². The second-order valence-corrected chi connectivity index (χ2v) is 19.4. The van der Waals surface area contributed by atoms with Gasteiger partial charge < -0.3 is 51.5 Å². The van der Waals surface area contributed by atoms with Crippen molar-refractivity contribution in [3.05, 3.63) is 47.5 Å². The lowest BCUT2D eigenvalue weighted by Gasteiger charge is -2.21. The van der Waals surface area contributed by atoms with Crippen LogP contribution in [0.15, 0.2) is 46.2 Å². The SMILES string of the molecule is CN(CC(O)CO)c1nc(NCCS(=O)(=O)O)nc(Nc2ccc(/C=C/c3ccc(Nc4nc(NCCS(=O)(=O)O)nc(N(C)CC(O)CO)n4)cc3S(=O)(=O)O)c(S(=O)(=O)O)c2)n1. The molecule has 0 amide bonds. The highest BCUT2D eigenvalue weighted by atomic mass is 32.2. The molecule has 0 aliphatic heterocycles. The zero-order valence-corrected chi connectivity index (χ0v) is 36.8. The summed E-state index contributed by atoms with van der Waals surface area (Å²) in [5.41, 5.74) is -0.431. The van der Waals surface area contributed by atoms with Crippen molar-refractivity contribution < 1.29 is 72.3 Å². The molecule has 0 saturated carbocycles. The summed E-state index contributed by atoms with van der Waals surface area (Å²) in [6, 6.07) is 6.98. The number of hydrogen-bond donors (Lipinski definition) is 12. The molecule has 0 aliphatic carbocycles. The van der Waals surface area contributed by atoms with Crippen LogP contribution in [0.25, 0.3) is 12.2 Å². The van der Waals surface area contributed by atoms with Crippen molar-refractivity contribution in [2.45, 2.75) is 22.0 Å². The largest absolute Gasteiger partial charge is 0.394 e. The highest BCUT2D eigenvalue weighted by Crippen LogP contribution is 2.28. The zero-order valence-electron chi connectivity index (χ0n) is 33.5. The van der Waals surface area contributed by atoms with Crippen LogP contribution in [0.2, 0.25) is 0 Å². The number of rotatable bonds is 24. The Kier molecular flexibility index (Phi) is 17.1. The molecule has 2 aromatic carbocycles. The van der Waals surface area contributed by atoms with Gasteiger partial charge in [-0.15, -0.1) is 0 Å².